The van der Waals surface area contributed by atoms with Crippen LogP contribution in [0.3, 0.4) is 0 Å². The maximum atomic E-state index is 9.30. The standard InChI is InChI=1S/C15H23ClN2O/c16-15-10-14(7-6-12(15)11-17)18(8-9-19)13-4-2-1-3-5-13/h6-7,10,13,19H,1-5,8-9,11,17H2. The van der Waals surface area contributed by atoms with Crippen LogP contribution in [0.2, 0.25) is 5.02 Å². The molecule has 0 saturated heterocycles. The summed E-state index contributed by atoms with van der Waals surface area (Å²) in [7, 11) is 0. The van der Waals surface area contributed by atoms with Gasteiger partial charge in [0.2, 0.25) is 0 Å². The zero-order valence-corrected chi connectivity index (χ0v) is 12.1. The Labute approximate surface area is 120 Å². The molecule has 0 aromatic heterocycles. The fourth-order valence-corrected chi connectivity index (χ4v) is 3.16. The van der Waals surface area contributed by atoms with Crippen molar-refractivity contribution >= 4 is 17.3 Å². The molecular formula is C15H23ClN2O. The number of nitrogens with zero attached hydrogens (tertiary/aromatic N) is 1. The lowest BCUT2D eigenvalue weighted by Gasteiger charge is -2.36. The first-order chi connectivity index (χ1) is 9.26. The average molecular weight is 283 g/mol. The van der Waals surface area contributed by atoms with Crippen LogP contribution in [0, 0.1) is 0 Å². The van der Waals surface area contributed by atoms with Crippen LogP contribution in [0.15, 0.2) is 18.2 Å². The van der Waals surface area contributed by atoms with Crippen LogP contribution in [0.5, 0.6) is 0 Å². The van der Waals surface area contributed by atoms with E-state index in [1.807, 2.05) is 12.1 Å². The number of rotatable bonds is 5. The van der Waals surface area contributed by atoms with Crippen LogP contribution in [-0.4, -0.2) is 24.3 Å². The first-order valence-electron chi connectivity index (χ1n) is 7.12. The summed E-state index contributed by atoms with van der Waals surface area (Å²) in [6.07, 6.45) is 6.30. The average Bonchev–Trinajstić information content (AvgIpc) is 2.45. The first-order valence-corrected chi connectivity index (χ1v) is 7.50. The molecule has 1 aromatic carbocycles. The lowest BCUT2D eigenvalue weighted by molar-refractivity contribution is 0.290. The quantitative estimate of drug-likeness (QED) is 0.873. The highest BCUT2D eigenvalue weighted by molar-refractivity contribution is 6.31. The first kappa shape index (κ1) is 14.6. The number of anilines is 1. The molecule has 0 aliphatic heterocycles. The fraction of sp³-hybridized carbons (Fsp3) is 0.600. The van der Waals surface area contributed by atoms with Gasteiger partial charge in [-0.1, -0.05) is 36.9 Å². The maximum absolute atomic E-state index is 9.30. The zero-order chi connectivity index (χ0) is 13.7. The third kappa shape index (κ3) is 3.62. The van der Waals surface area contributed by atoms with E-state index in [4.69, 9.17) is 17.3 Å². The predicted molar refractivity (Wildman–Crippen MR) is 80.6 cm³/mol. The Balaban J connectivity index is 2.19. The summed E-state index contributed by atoms with van der Waals surface area (Å²) in [5, 5.41) is 10.0. The normalized spacial score (nSPS) is 16.6. The second-order valence-corrected chi connectivity index (χ2v) is 5.60. The minimum Gasteiger partial charge on any atom is -0.395 e. The van der Waals surface area contributed by atoms with Crippen LogP contribution in [0.4, 0.5) is 5.69 Å². The zero-order valence-electron chi connectivity index (χ0n) is 11.3. The molecular weight excluding hydrogens is 260 g/mol. The van der Waals surface area contributed by atoms with E-state index in [2.05, 4.69) is 11.0 Å². The molecule has 0 amide bonds. The summed E-state index contributed by atoms with van der Waals surface area (Å²) in [6, 6.07) is 6.57. The van der Waals surface area contributed by atoms with E-state index in [9.17, 15) is 5.11 Å². The molecule has 19 heavy (non-hydrogen) atoms. The third-order valence-corrected chi connectivity index (χ3v) is 4.30. The van der Waals surface area contributed by atoms with Gasteiger partial charge in [0.05, 0.1) is 6.61 Å². The number of benzene rings is 1. The molecule has 0 spiro atoms. The van der Waals surface area contributed by atoms with Gasteiger partial charge in [0, 0.05) is 29.8 Å². The van der Waals surface area contributed by atoms with Gasteiger partial charge in [0.1, 0.15) is 0 Å². The van der Waals surface area contributed by atoms with E-state index in [0.717, 1.165) is 16.3 Å². The van der Waals surface area contributed by atoms with E-state index >= 15 is 0 Å². The predicted octanol–water partition coefficient (Wildman–Crippen LogP) is 2.93. The van der Waals surface area contributed by atoms with Crippen LogP contribution in [-0.2, 0) is 6.54 Å². The lowest BCUT2D eigenvalue weighted by Crippen LogP contribution is -2.38. The van der Waals surface area contributed by atoms with Crippen LogP contribution in [0.1, 0.15) is 37.7 Å². The highest BCUT2D eigenvalue weighted by atomic mass is 35.5. The second-order valence-electron chi connectivity index (χ2n) is 5.19. The Morgan fingerprint density at radius 1 is 1.26 bits per heavy atom. The van der Waals surface area contributed by atoms with Gasteiger partial charge in [-0.2, -0.15) is 0 Å². The van der Waals surface area contributed by atoms with Gasteiger partial charge < -0.3 is 15.7 Å². The summed E-state index contributed by atoms with van der Waals surface area (Å²) in [4.78, 5) is 2.30. The van der Waals surface area contributed by atoms with Crippen LogP contribution < -0.4 is 10.6 Å². The summed E-state index contributed by atoms with van der Waals surface area (Å²) in [5.41, 5.74) is 7.71. The van der Waals surface area contributed by atoms with E-state index < -0.39 is 0 Å². The van der Waals surface area contributed by atoms with Crippen molar-refractivity contribution in [2.75, 3.05) is 18.1 Å². The molecule has 2 rings (SSSR count). The van der Waals surface area contributed by atoms with Crippen molar-refractivity contribution in [3.05, 3.63) is 28.8 Å². The molecule has 1 aliphatic rings. The molecule has 0 bridgehead atoms. The Kier molecular flexibility index (Phi) is 5.49. The summed E-state index contributed by atoms with van der Waals surface area (Å²) in [6.45, 7) is 1.30. The number of hydrogen-bond donors (Lipinski definition) is 2. The second kappa shape index (κ2) is 7.13. The van der Waals surface area contributed by atoms with Crippen LogP contribution in [0.25, 0.3) is 0 Å². The van der Waals surface area contributed by atoms with Gasteiger partial charge in [-0.05, 0) is 30.5 Å². The molecule has 1 saturated carbocycles. The Morgan fingerprint density at radius 2 is 2.00 bits per heavy atom. The summed E-state index contributed by atoms with van der Waals surface area (Å²) >= 11 is 6.24. The van der Waals surface area contributed by atoms with Crippen molar-refractivity contribution in [1.82, 2.24) is 0 Å². The third-order valence-electron chi connectivity index (χ3n) is 3.94. The van der Waals surface area contributed by atoms with E-state index in [0.29, 0.717) is 19.1 Å². The topological polar surface area (TPSA) is 49.5 Å². The van der Waals surface area contributed by atoms with Gasteiger partial charge in [0.15, 0.2) is 0 Å². The minimum atomic E-state index is 0.173. The van der Waals surface area contributed by atoms with Crippen LogP contribution >= 0.6 is 11.6 Å². The minimum absolute atomic E-state index is 0.173. The van der Waals surface area contributed by atoms with Crippen molar-refractivity contribution in [3.8, 4) is 0 Å². The van der Waals surface area contributed by atoms with Gasteiger partial charge in [0.25, 0.3) is 0 Å². The number of halogens is 1. The molecule has 1 aliphatic carbocycles. The molecule has 1 aromatic rings. The highest BCUT2D eigenvalue weighted by Gasteiger charge is 2.21. The molecule has 0 atom stereocenters. The molecule has 0 heterocycles. The number of nitrogens with two attached hydrogens (primary N) is 1. The monoisotopic (exact) mass is 282 g/mol. The molecule has 106 valence electrons. The SMILES string of the molecule is NCc1ccc(N(CCO)C2CCCCC2)cc1Cl. The molecule has 4 heteroatoms. The number of aliphatic hydroxyl groups is 1. The summed E-state index contributed by atoms with van der Waals surface area (Å²) in [5.74, 6) is 0. The van der Waals surface area contributed by atoms with Gasteiger partial charge in [-0.15, -0.1) is 0 Å². The highest BCUT2D eigenvalue weighted by Crippen LogP contribution is 2.30. The van der Waals surface area contributed by atoms with Gasteiger partial charge >= 0.3 is 0 Å². The Bertz CT molecular complexity index is 405. The lowest BCUT2D eigenvalue weighted by atomic mass is 9.93. The number of aliphatic hydroxyl groups excluding tert-OH is 1. The summed E-state index contributed by atoms with van der Waals surface area (Å²) < 4.78 is 0. The van der Waals surface area contributed by atoms with E-state index in [-0.39, 0.29) is 6.61 Å². The van der Waals surface area contributed by atoms with Gasteiger partial charge in [-0.25, -0.2) is 0 Å². The van der Waals surface area contributed by atoms with Crippen molar-refractivity contribution in [3.63, 3.8) is 0 Å². The van der Waals surface area contributed by atoms with Crippen molar-refractivity contribution < 1.29 is 5.11 Å². The largest absolute Gasteiger partial charge is 0.395 e. The molecule has 1 fully saturated rings. The molecule has 3 nitrogen and oxygen atoms in total. The molecule has 3 N–H and O–H groups in total. The molecule has 0 radical (unpaired) electrons. The number of hydrogen-bond acceptors (Lipinski definition) is 3. The van der Waals surface area contributed by atoms with Gasteiger partial charge in [-0.3, -0.25) is 0 Å². The smallest absolute Gasteiger partial charge is 0.0606 e. The van der Waals surface area contributed by atoms with Crippen molar-refractivity contribution in [2.24, 2.45) is 5.73 Å². The van der Waals surface area contributed by atoms with Crippen molar-refractivity contribution in [2.45, 2.75) is 44.7 Å². The maximum Gasteiger partial charge on any atom is 0.0606 e. The van der Waals surface area contributed by atoms with E-state index in [1.165, 1.54) is 32.1 Å². The molecule has 0 unspecified atom stereocenters. The van der Waals surface area contributed by atoms with E-state index in [1.54, 1.807) is 0 Å². The Hall–Kier alpha value is -0.770. The van der Waals surface area contributed by atoms with Crippen molar-refractivity contribution in [1.29, 1.82) is 0 Å². The Morgan fingerprint density at radius 3 is 2.58 bits per heavy atom. The fourth-order valence-electron chi connectivity index (χ4n) is 2.90.